The second-order valence-electron chi connectivity index (χ2n) is 8.94. The number of hydrogen-bond donors (Lipinski definition) is 3. The Kier molecular flexibility index (Phi) is 6.70. The average Bonchev–Trinajstić information content (AvgIpc) is 3.56. The Labute approximate surface area is 212 Å². The van der Waals surface area contributed by atoms with Gasteiger partial charge in [0.05, 0.1) is 28.7 Å². The first-order chi connectivity index (χ1) is 17.9. The first-order valence-corrected chi connectivity index (χ1v) is 11.8. The standard InChI is InChI=1S/C28H25FN4O4/c1-17-5-6-23(29)24(11-17)32-27(35)18-3-2-4-21(12-18)37-22-7-9-30-26(14-22)25-13-19(15-31-25)28(36)33-10-8-20(34)16-33/h2-7,9,11-15,20,31,34H,8,10,16H2,1H3,(H,32,35)/t20-/m0/s1. The number of amides is 2. The number of nitrogens with zero attached hydrogens (tertiary/aromatic N) is 2. The lowest BCUT2D eigenvalue weighted by molar-refractivity contribution is 0.0765. The van der Waals surface area contributed by atoms with Gasteiger partial charge >= 0.3 is 0 Å². The summed E-state index contributed by atoms with van der Waals surface area (Å²) in [6.45, 7) is 2.67. The fourth-order valence-corrected chi connectivity index (χ4v) is 4.16. The number of carbonyl (C=O) groups excluding carboxylic acids is 2. The molecule has 3 heterocycles. The van der Waals surface area contributed by atoms with E-state index >= 15 is 0 Å². The molecule has 4 aromatic rings. The monoisotopic (exact) mass is 500 g/mol. The van der Waals surface area contributed by atoms with Crippen molar-refractivity contribution < 1.29 is 23.8 Å². The van der Waals surface area contributed by atoms with Gasteiger partial charge in [-0.15, -0.1) is 0 Å². The van der Waals surface area contributed by atoms with Gasteiger partial charge in [0.1, 0.15) is 17.3 Å². The third-order valence-corrected chi connectivity index (χ3v) is 6.09. The van der Waals surface area contributed by atoms with Crippen LogP contribution in [0.4, 0.5) is 10.1 Å². The first-order valence-electron chi connectivity index (χ1n) is 11.8. The van der Waals surface area contributed by atoms with E-state index in [4.69, 9.17) is 4.74 Å². The fourth-order valence-electron chi connectivity index (χ4n) is 4.16. The number of β-amino-alcohol motifs (C(OH)–C–C–N with tert-alkyl or cyclic N) is 1. The van der Waals surface area contributed by atoms with Crippen LogP contribution in [0, 0.1) is 12.7 Å². The van der Waals surface area contributed by atoms with Crippen LogP contribution in [0.1, 0.15) is 32.7 Å². The number of likely N-dealkylation sites (tertiary alicyclic amines) is 1. The molecule has 9 heteroatoms. The summed E-state index contributed by atoms with van der Waals surface area (Å²) in [4.78, 5) is 34.4. The van der Waals surface area contributed by atoms with Gasteiger partial charge in [0.25, 0.3) is 11.8 Å². The molecule has 0 aliphatic carbocycles. The van der Waals surface area contributed by atoms with Gasteiger partial charge in [0.15, 0.2) is 0 Å². The van der Waals surface area contributed by atoms with E-state index in [2.05, 4.69) is 15.3 Å². The highest BCUT2D eigenvalue weighted by Gasteiger charge is 2.26. The van der Waals surface area contributed by atoms with Gasteiger partial charge < -0.3 is 25.0 Å². The molecule has 1 atom stereocenters. The lowest BCUT2D eigenvalue weighted by Gasteiger charge is -2.13. The molecule has 0 saturated carbocycles. The summed E-state index contributed by atoms with van der Waals surface area (Å²) in [5.41, 5.74) is 2.95. The number of pyridine rings is 1. The minimum absolute atomic E-state index is 0.111. The summed E-state index contributed by atoms with van der Waals surface area (Å²) in [5.74, 6) is -0.212. The maximum atomic E-state index is 14.1. The molecule has 0 bridgehead atoms. The number of carbonyl (C=O) groups is 2. The largest absolute Gasteiger partial charge is 0.457 e. The van der Waals surface area contributed by atoms with Crippen molar-refractivity contribution in [1.29, 1.82) is 0 Å². The zero-order valence-electron chi connectivity index (χ0n) is 20.1. The van der Waals surface area contributed by atoms with Gasteiger partial charge in [-0.05, 0) is 61.4 Å². The number of hydrogen-bond acceptors (Lipinski definition) is 5. The van der Waals surface area contributed by atoms with Crippen molar-refractivity contribution in [2.24, 2.45) is 0 Å². The highest BCUT2D eigenvalue weighted by atomic mass is 19.1. The van der Waals surface area contributed by atoms with Gasteiger partial charge in [-0.2, -0.15) is 0 Å². The van der Waals surface area contributed by atoms with Crippen molar-refractivity contribution in [1.82, 2.24) is 14.9 Å². The zero-order chi connectivity index (χ0) is 25.9. The third kappa shape index (κ3) is 5.52. The van der Waals surface area contributed by atoms with Gasteiger partial charge in [0, 0.05) is 37.1 Å². The fraction of sp³-hybridized carbons (Fsp3) is 0.179. The maximum absolute atomic E-state index is 14.1. The molecule has 3 N–H and O–H groups in total. The van der Waals surface area contributed by atoms with Crippen LogP contribution < -0.4 is 10.1 Å². The van der Waals surface area contributed by atoms with Gasteiger partial charge in [-0.1, -0.05) is 12.1 Å². The summed E-state index contributed by atoms with van der Waals surface area (Å²) < 4.78 is 20.0. The van der Waals surface area contributed by atoms with Crippen LogP contribution in [0.2, 0.25) is 0 Å². The molecule has 0 spiro atoms. The number of aliphatic hydroxyl groups excluding tert-OH is 1. The zero-order valence-corrected chi connectivity index (χ0v) is 20.1. The number of aromatic amines is 1. The topological polar surface area (TPSA) is 108 Å². The Hall–Kier alpha value is -4.50. The molecule has 8 nitrogen and oxygen atoms in total. The molecule has 0 unspecified atom stereocenters. The number of nitrogens with one attached hydrogen (secondary N) is 2. The third-order valence-electron chi connectivity index (χ3n) is 6.09. The number of aryl methyl sites for hydroxylation is 1. The van der Waals surface area contributed by atoms with E-state index in [1.165, 1.54) is 6.07 Å². The van der Waals surface area contributed by atoms with E-state index in [0.29, 0.717) is 53.5 Å². The predicted molar refractivity (Wildman–Crippen MR) is 136 cm³/mol. The SMILES string of the molecule is Cc1ccc(F)c(NC(=O)c2cccc(Oc3ccnc(-c4cc(C(=O)N5CC[C@H](O)C5)c[nH]4)c3)c2)c1. The Morgan fingerprint density at radius 3 is 2.76 bits per heavy atom. The summed E-state index contributed by atoms with van der Waals surface area (Å²) in [5, 5.41) is 12.3. The summed E-state index contributed by atoms with van der Waals surface area (Å²) in [6.07, 6.45) is 3.30. The lowest BCUT2D eigenvalue weighted by Crippen LogP contribution is -2.29. The molecule has 1 saturated heterocycles. The van der Waals surface area contributed by atoms with E-state index in [-0.39, 0.29) is 11.6 Å². The van der Waals surface area contributed by atoms with Crippen molar-refractivity contribution in [2.75, 3.05) is 18.4 Å². The summed E-state index contributed by atoms with van der Waals surface area (Å²) >= 11 is 0. The molecule has 5 rings (SSSR count). The highest BCUT2D eigenvalue weighted by molar-refractivity contribution is 6.04. The van der Waals surface area contributed by atoms with E-state index < -0.39 is 17.8 Å². The molecule has 2 amide bonds. The van der Waals surface area contributed by atoms with Crippen LogP contribution in [-0.4, -0.2) is 51.0 Å². The number of aromatic nitrogens is 2. The van der Waals surface area contributed by atoms with Gasteiger partial charge in [-0.3, -0.25) is 14.6 Å². The van der Waals surface area contributed by atoms with Crippen molar-refractivity contribution in [2.45, 2.75) is 19.4 Å². The van der Waals surface area contributed by atoms with Crippen LogP contribution in [0.3, 0.4) is 0 Å². The Morgan fingerprint density at radius 1 is 1.11 bits per heavy atom. The van der Waals surface area contributed by atoms with E-state index in [1.54, 1.807) is 71.9 Å². The highest BCUT2D eigenvalue weighted by Crippen LogP contribution is 2.27. The van der Waals surface area contributed by atoms with E-state index in [1.807, 2.05) is 6.92 Å². The van der Waals surface area contributed by atoms with Crippen LogP contribution in [0.5, 0.6) is 11.5 Å². The van der Waals surface area contributed by atoms with Crippen molar-refractivity contribution in [3.63, 3.8) is 0 Å². The summed E-state index contributed by atoms with van der Waals surface area (Å²) in [6, 6.07) is 16.2. The normalized spacial score (nSPS) is 15.0. The van der Waals surface area contributed by atoms with E-state index in [0.717, 1.165) is 5.56 Å². The number of benzene rings is 2. The molecule has 0 radical (unpaired) electrons. The van der Waals surface area contributed by atoms with Crippen LogP contribution in [0.15, 0.2) is 73.1 Å². The minimum Gasteiger partial charge on any atom is -0.457 e. The Morgan fingerprint density at radius 2 is 1.95 bits per heavy atom. The van der Waals surface area contributed by atoms with Crippen molar-refractivity contribution >= 4 is 17.5 Å². The maximum Gasteiger partial charge on any atom is 0.255 e. The Balaban J connectivity index is 1.29. The molecule has 2 aromatic heterocycles. The van der Waals surface area contributed by atoms with Gasteiger partial charge in [-0.25, -0.2) is 4.39 Å². The van der Waals surface area contributed by atoms with Crippen molar-refractivity contribution in [3.05, 3.63) is 95.6 Å². The molecular weight excluding hydrogens is 475 g/mol. The number of ether oxygens (including phenoxy) is 1. The molecule has 188 valence electrons. The number of aliphatic hydroxyl groups is 1. The second-order valence-corrected chi connectivity index (χ2v) is 8.94. The second kappa shape index (κ2) is 10.2. The number of anilines is 1. The van der Waals surface area contributed by atoms with Crippen LogP contribution >= 0.6 is 0 Å². The quantitative estimate of drug-likeness (QED) is 0.353. The number of halogens is 1. The van der Waals surface area contributed by atoms with Crippen LogP contribution in [0.25, 0.3) is 11.4 Å². The molecule has 1 fully saturated rings. The smallest absolute Gasteiger partial charge is 0.255 e. The van der Waals surface area contributed by atoms with Gasteiger partial charge in [0.2, 0.25) is 0 Å². The van der Waals surface area contributed by atoms with Crippen LogP contribution in [-0.2, 0) is 0 Å². The molecule has 1 aliphatic heterocycles. The molecule has 2 aromatic carbocycles. The number of rotatable bonds is 6. The Bertz CT molecular complexity index is 1470. The summed E-state index contributed by atoms with van der Waals surface area (Å²) in [7, 11) is 0. The molecule has 37 heavy (non-hydrogen) atoms. The lowest BCUT2D eigenvalue weighted by atomic mass is 10.1. The minimum atomic E-state index is -0.511. The molecule has 1 aliphatic rings. The van der Waals surface area contributed by atoms with Crippen molar-refractivity contribution in [3.8, 4) is 22.9 Å². The number of H-pyrrole nitrogens is 1. The predicted octanol–water partition coefficient (Wildman–Crippen LogP) is 4.78. The molecular formula is C28H25FN4O4. The average molecular weight is 501 g/mol. The first kappa shape index (κ1) is 24.2. The van der Waals surface area contributed by atoms with E-state index in [9.17, 15) is 19.1 Å².